The summed E-state index contributed by atoms with van der Waals surface area (Å²) >= 11 is 0. The molecule has 3 unspecified atom stereocenters. The fraction of sp³-hybridized carbons (Fsp3) is 0.400. The van der Waals surface area contributed by atoms with Crippen LogP contribution in [0.4, 0.5) is 17.5 Å². The van der Waals surface area contributed by atoms with Gasteiger partial charge >= 0.3 is 0 Å². The molecule has 4 N–H and O–H groups in total. The normalized spacial score (nSPS) is 21.3. The van der Waals surface area contributed by atoms with Crippen molar-refractivity contribution in [3.05, 3.63) is 48.2 Å². The van der Waals surface area contributed by atoms with Crippen molar-refractivity contribution in [3.63, 3.8) is 0 Å². The van der Waals surface area contributed by atoms with Crippen molar-refractivity contribution in [1.82, 2.24) is 24.7 Å². The third kappa shape index (κ3) is 4.36. The first kappa shape index (κ1) is 19.3. The van der Waals surface area contributed by atoms with Gasteiger partial charge in [-0.1, -0.05) is 0 Å². The maximum Gasteiger partial charge on any atom is 0.229 e. The van der Waals surface area contributed by atoms with Crippen LogP contribution in [-0.2, 0) is 0 Å². The molecule has 0 bridgehead atoms. The Morgan fingerprint density at radius 1 is 1.17 bits per heavy atom. The van der Waals surface area contributed by atoms with Crippen LogP contribution in [0, 0.1) is 19.8 Å². The average Bonchev–Trinajstić information content (AvgIpc) is 3.31. The maximum absolute atomic E-state index is 10.1. The number of aromatic nitrogens is 5. The van der Waals surface area contributed by atoms with Crippen LogP contribution in [0.3, 0.4) is 0 Å². The van der Waals surface area contributed by atoms with E-state index < -0.39 is 6.10 Å². The minimum absolute atomic E-state index is 0.00428. The molecule has 1 saturated carbocycles. The van der Waals surface area contributed by atoms with Crippen LogP contribution in [0.2, 0.25) is 0 Å². The predicted octanol–water partition coefficient (Wildman–Crippen LogP) is 1.96. The first-order valence-corrected chi connectivity index (χ1v) is 9.66. The van der Waals surface area contributed by atoms with Gasteiger partial charge in [0.15, 0.2) is 5.82 Å². The van der Waals surface area contributed by atoms with E-state index in [-0.39, 0.29) is 18.6 Å². The standard InChI is InChI=1S/C20H25N7O2/c1-12-6-15(7-13(2)23-12)25-20-21-10-17(27-5-3-4-22-27)19(26-20)24-16-8-14(11-28)18(29)9-16/h3-7,10,14,16,18,28-29H,8-9,11H2,1-2H3,(H2,21,23,24,25,26). The van der Waals surface area contributed by atoms with Gasteiger partial charge in [0, 0.05) is 48.0 Å². The lowest BCUT2D eigenvalue weighted by molar-refractivity contribution is 0.0908. The fourth-order valence-electron chi connectivity index (χ4n) is 3.77. The van der Waals surface area contributed by atoms with E-state index in [4.69, 9.17) is 0 Å². The van der Waals surface area contributed by atoms with Crippen LogP contribution in [0.25, 0.3) is 5.69 Å². The molecule has 1 aliphatic carbocycles. The maximum atomic E-state index is 10.1. The molecule has 0 aliphatic heterocycles. The number of nitrogens with zero attached hydrogens (tertiary/aromatic N) is 5. The Balaban J connectivity index is 1.62. The summed E-state index contributed by atoms with van der Waals surface area (Å²) in [7, 11) is 0. The Hall–Kier alpha value is -3.04. The van der Waals surface area contributed by atoms with E-state index in [1.807, 2.05) is 38.2 Å². The number of aliphatic hydroxyl groups excluding tert-OH is 2. The highest BCUT2D eigenvalue weighted by atomic mass is 16.3. The van der Waals surface area contributed by atoms with Crippen molar-refractivity contribution >= 4 is 17.5 Å². The summed E-state index contributed by atoms with van der Waals surface area (Å²) in [6, 6.07) is 5.71. The number of nitrogens with one attached hydrogen (secondary N) is 2. The molecule has 1 fully saturated rings. The third-order valence-corrected chi connectivity index (χ3v) is 5.09. The van der Waals surface area contributed by atoms with Gasteiger partial charge in [-0.05, 0) is 44.9 Å². The van der Waals surface area contributed by atoms with Gasteiger partial charge in [0.1, 0.15) is 5.69 Å². The molecule has 3 heterocycles. The molecule has 0 spiro atoms. The zero-order valence-corrected chi connectivity index (χ0v) is 16.4. The molecule has 4 rings (SSSR count). The molecule has 0 amide bonds. The lowest BCUT2D eigenvalue weighted by atomic mass is 10.1. The minimum atomic E-state index is -0.521. The van der Waals surface area contributed by atoms with E-state index >= 15 is 0 Å². The summed E-state index contributed by atoms with van der Waals surface area (Å²) in [5.74, 6) is 0.943. The van der Waals surface area contributed by atoms with E-state index in [1.54, 1.807) is 17.1 Å². The zero-order chi connectivity index (χ0) is 20.4. The van der Waals surface area contributed by atoms with Gasteiger partial charge in [0.25, 0.3) is 0 Å². The Kier molecular flexibility index (Phi) is 5.41. The fourth-order valence-corrected chi connectivity index (χ4v) is 3.77. The number of rotatable bonds is 6. The van der Waals surface area contributed by atoms with Crippen LogP contribution in [0.5, 0.6) is 0 Å². The second-order valence-electron chi connectivity index (χ2n) is 7.46. The summed E-state index contributed by atoms with van der Waals surface area (Å²) in [5.41, 5.74) is 3.40. The molecular weight excluding hydrogens is 370 g/mol. The van der Waals surface area contributed by atoms with Crippen LogP contribution < -0.4 is 10.6 Å². The molecule has 29 heavy (non-hydrogen) atoms. The molecule has 1 aliphatic rings. The number of aliphatic hydroxyl groups is 2. The molecule has 152 valence electrons. The third-order valence-electron chi connectivity index (χ3n) is 5.09. The van der Waals surface area contributed by atoms with E-state index in [2.05, 4.69) is 30.7 Å². The van der Waals surface area contributed by atoms with Gasteiger partial charge in [-0.3, -0.25) is 4.98 Å². The van der Waals surface area contributed by atoms with Gasteiger partial charge in [0.05, 0.1) is 12.3 Å². The summed E-state index contributed by atoms with van der Waals surface area (Å²) in [6.45, 7) is 3.86. The largest absolute Gasteiger partial charge is 0.396 e. The minimum Gasteiger partial charge on any atom is -0.396 e. The average molecular weight is 395 g/mol. The smallest absolute Gasteiger partial charge is 0.229 e. The molecule has 0 radical (unpaired) electrons. The van der Waals surface area contributed by atoms with Gasteiger partial charge in [-0.15, -0.1) is 0 Å². The number of anilines is 3. The van der Waals surface area contributed by atoms with Gasteiger partial charge in [-0.2, -0.15) is 10.1 Å². The highest BCUT2D eigenvalue weighted by molar-refractivity contribution is 5.61. The topological polar surface area (TPSA) is 121 Å². The number of aryl methyl sites for hydroxylation is 2. The summed E-state index contributed by atoms with van der Waals surface area (Å²) < 4.78 is 1.70. The van der Waals surface area contributed by atoms with Gasteiger partial charge < -0.3 is 20.8 Å². The first-order chi connectivity index (χ1) is 14.0. The molecule has 9 nitrogen and oxygen atoms in total. The summed E-state index contributed by atoms with van der Waals surface area (Å²) in [6.07, 6.45) is 5.94. The quantitative estimate of drug-likeness (QED) is 0.500. The molecule has 0 aromatic carbocycles. The Morgan fingerprint density at radius 2 is 1.97 bits per heavy atom. The second-order valence-corrected chi connectivity index (χ2v) is 7.46. The van der Waals surface area contributed by atoms with Crippen molar-refractivity contribution in [1.29, 1.82) is 0 Å². The van der Waals surface area contributed by atoms with Crippen molar-refractivity contribution in [2.45, 2.75) is 38.8 Å². The lowest BCUT2D eigenvalue weighted by Crippen LogP contribution is -2.19. The lowest BCUT2D eigenvalue weighted by Gasteiger charge is -2.17. The van der Waals surface area contributed by atoms with E-state index in [9.17, 15) is 10.2 Å². The summed E-state index contributed by atoms with van der Waals surface area (Å²) in [4.78, 5) is 13.5. The Morgan fingerprint density at radius 3 is 2.62 bits per heavy atom. The predicted molar refractivity (Wildman–Crippen MR) is 109 cm³/mol. The van der Waals surface area contributed by atoms with Gasteiger partial charge in [0.2, 0.25) is 5.95 Å². The van der Waals surface area contributed by atoms with E-state index in [0.29, 0.717) is 30.3 Å². The van der Waals surface area contributed by atoms with Crippen molar-refractivity contribution in [2.24, 2.45) is 5.92 Å². The monoisotopic (exact) mass is 395 g/mol. The molecule has 3 atom stereocenters. The number of pyridine rings is 1. The van der Waals surface area contributed by atoms with Crippen LogP contribution in [0.1, 0.15) is 24.2 Å². The van der Waals surface area contributed by atoms with Crippen LogP contribution in [0.15, 0.2) is 36.8 Å². The van der Waals surface area contributed by atoms with Crippen molar-refractivity contribution < 1.29 is 10.2 Å². The van der Waals surface area contributed by atoms with Gasteiger partial charge in [-0.25, -0.2) is 9.67 Å². The molecular formula is C20H25N7O2. The Bertz CT molecular complexity index is 957. The van der Waals surface area contributed by atoms with E-state index in [1.165, 1.54) is 0 Å². The summed E-state index contributed by atoms with van der Waals surface area (Å²) in [5, 5.41) is 30.5. The second kappa shape index (κ2) is 8.14. The first-order valence-electron chi connectivity index (χ1n) is 9.66. The molecule has 9 heteroatoms. The number of hydrogen-bond acceptors (Lipinski definition) is 8. The molecule has 3 aromatic rings. The molecule has 0 saturated heterocycles. The van der Waals surface area contributed by atoms with E-state index in [0.717, 1.165) is 17.1 Å². The highest BCUT2D eigenvalue weighted by Gasteiger charge is 2.33. The number of hydrogen-bond donors (Lipinski definition) is 4. The Labute approximate surface area is 168 Å². The highest BCUT2D eigenvalue weighted by Crippen LogP contribution is 2.30. The van der Waals surface area contributed by atoms with Crippen molar-refractivity contribution in [3.8, 4) is 5.69 Å². The van der Waals surface area contributed by atoms with Crippen LogP contribution in [-0.4, -0.2) is 53.7 Å². The zero-order valence-electron chi connectivity index (χ0n) is 16.4. The SMILES string of the molecule is Cc1cc(Nc2ncc(-n3cccn3)c(NC3CC(O)C(CO)C3)n2)cc(C)n1. The van der Waals surface area contributed by atoms with Crippen molar-refractivity contribution in [2.75, 3.05) is 17.2 Å². The van der Waals surface area contributed by atoms with Crippen LogP contribution >= 0.6 is 0 Å². The molecule has 3 aromatic heterocycles.